The number of hydrogen-bond donors (Lipinski definition) is 2. The van der Waals surface area contributed by atoms with E-state index >= 15 is 0 Å². The largest absolute Gasteiger partial charge is 0.451 e. The number of nitrogens with one attached hydrogen (secondary N) is 2. The van der Waals surface area contributed by atoms with Crippen molar-refractivity contribution in [1.82, 2.24) is 15.2 Å². The third-order valence-corrected chi connectivity index (χ3v) is 3.16. The number of aromatic amines is 1. The SMILES string of the molecule is CNC(=O)CN(C)C(=O)COC(=O)c1cc2ccccc2[nH]1. The van der Waals surface area contributed by atoms with Crippen LogP contribution in [0, 0.1) is 0 Å². The normalized spacial score (nSPS) is 10.3. The lowest BCUT2D eigenvalue weighted by Gasteiger charge is -2.15. The van der Waals surface area contributed by atoms with Crippen LogP contribution in [0.25, 0.3) is 10.9 Å². The standard InChI is InChI=1S/C15H17N3O4/c1-16-13(19)8-18(2)14(20)9-22-15(21)12-7-10-5-3-4-6-11(10)17-12/h3-7,17H,8-9H2,1-2H3,(H,16,19). The van der Waals surface area contributed by atoms with Crippen LogP contribution in [0.3, 0.4) is 0 Å². The number of rotatable bonds is 5. The van der Waals surface area contributed by atoms with Gasteiger partial charge in [0.2, 0.25) is 5.91 Å². The topological polar surface area (TPSA) is 91.5 Å². The average Bonchev–Trinajstić information content (AvgIpc) is 2.96. The number of H-pyrrole nitrogens is 1. The first-order valence-corrected chi connectivity index (χ1v) is 6.70. The fourth-order valence-electron chi connectivity index (χ4n) is 1.88. The van der Waals surface area contributed by atoms with Crippen molar-refractivity contribution in [2.24, 2.45) is 0 Å². The molecule has 7 heteroatoms. The number of aromatic nitrogens is 1. The van der Waals surface area contributed by atoms with Gasteiger partial charge in [0, 0.05) is 25.0 Å². The number of amides is 2. The Hall–Kier alpha value is -2.83. The number of para-hydroxylation sites is 1. The molecule has 0 aliphatic carbocycles. The first kappa shape index (κ1) is 15.6. The van der Waals surface area contributed by atoms with Crippen molar-refractivity contribution in [3.05, 3.63) is 36.0 Å². The summed E-state index contributed by atoms with van der Waals surface area (Å²) in [7, 11) is 2.95. The molecule has 0 fully saturated rings. The van der Waals surface area contributed by atoms with Gasteiger partial charge in [0.25, 0.3) is 5.91 Å². The van der Waals surface area contributed by atoms with Crippen LogP contribution >= 0.6 is 0 Å². The molecule has 1 aromatic heterocycles. The van der Waals surface area contributed by atoms with Crippen LogP contribution in [-0.4, -0.2) is 54.9 Å². The number of fused-ring (bicyclic) bond motifs is 1. The second-order valence-electron chi connectivity index (χ2n) is 4.77. The molecule has 0 saturated carbocycles. The lowest BCUT2D eigenvalue weighted by atomic mass is 10.2. The highest BCUT2D eigenvalue weighted by Crippen LogP contribution is 2.15. The Labute approximate surface area is 127 Å². The number of hydrogen-bond acceptors (Lipinski definition) is 4. The molecule has 0 atom stereocenters. The van der Waals surface area contributed by atoms with Gasteiger partial charge in [0.1, 0.15) is 5.69 Å². The minimum atomic E-state index is -0.613. The highest BCUT2D eigenvalue weighted by molar-refractivity contribution is 5.95. The lowest BCUT2D eigenvalue weighted by Crippen LogP contribution is -2.39. The molecule has 0 radical (unpaired) electrons. The third-order valence-electron chi connectivity index (χ3n) is 3.16. The molecule has 7 nitrogen and oxygen atoms in total. The lowest BCUT2D eigenvalue weighted by molar-refractivity contribution is -0.137. The number of likely N-dealkylation sites (N-methyl/N-ethyl adjacent to an activating group) is 2. The Balaban J connectivity index is 1.92. The van der Waals surface area contributed by atoms with Crippen molar-refractivity contribution < 1.29 is 19.1 Å². The third kappa shape index (κ3) is 3.63. The van der Waals surface area contributed by atoms with Crippen molar-refractivity contribution in [1.29, 1.82) is 0 Å². The van der Waals surface area contributed by atoms with E-state index in [9.17, 15) is 14.4 Å². The van der Waals surface area contributed by atoms with Crippen LogP contribution in [0.15, 0.2) is 30.3 Å². The Morgan fingerprint density at radius 2 is 2.00 bits per heavy atom. The van der Waals surface area contributed by atoms with Crippen LogP contribution in [0.5, 0.6) is 0 Å². The number of nitrogens with zero attached hydrogens (tertiary/aromatic N) is 1. The predicted molar refractivity (Wildman–Crippen MR) is 80.3 cm³/mol. The maximum atomic E-state index is 11.9. The van der Waals surface area contributed by atoms with Gasteiger partial charge < -0.3 is 19.9 Å². The molecule has 1 aromatic carbocycles. The van der Waals surface area contributed by atoms with E-state index in [-0.39, 0.29) is 18.1 Å². The molecule has 2 aromatic rings. The van der Waals surface area contributed by atoms with Gasteiger partial charge in [0.05, 0.1) is 6.54 Å². The monoisotopic (exact) mass is 303 g/mol. The van der Waals surface area contributed by atoms with Crippen molar-refractivity contribution in [3.8, 4) is 0 Å². The van der Waals surface area contributed by atoms with E-state index in [1.165, 1.54) is 19.0 Å². The Morgan fingerprint density at radius 1 is 1.27 bits per heavy atom. The minimum Gasteiger partial charge on any atom is -0.451 e. The zero-order valence-electron chi connectivity index (χ0n) is 12.4. The van der Waals surface area contributed by atoms with E-state index in [2.05, 4.69) is 10.3 Å². The van der Waals surface area contributed by atoms with Crippen molar-refractivity contribution in [3.63, 3.8) is 0 Å². The van der Waals surface area contributed by atoms with Crippen molar-refractivity contribution in [2.45, 2.75) is 0 Å². The summed E-state index contributed by atoms with van der Waals surface area (Å²) in [5, 5.41) is 3.30. The quantitative estimate of drug-likeness (QED) is 0.788. The van der Waals surface area contributed by atoms with Crippen molar-refractivity contribution >= 4 is 28.7 Å². The molecule has 116 valence electrons. The van der Waals surface area contributed by atoms with E-state index in [0.717, 1.165) is 10.9 Å². The van der Waals surface area contributed by atoms with Crippen LogP contribution in [-0.2, 0) is 14.3 Å². The Morgan fingerprint density at radius 3 is 2.68 bits per heavy atom. The zero-order valence-corrected chi connectivity index (χ0v) is 12.4. The highest BCUT2D eigenvalue weighted by atomic mass is 16.5. The molecule has 2 N–H and O–H groups in total. The molecular formula is C15H17N3O4. The van der Waals surface area contributed by atoms with Gasteiger partial charge in [-0.05, 0) is 12.1 Å². The second kappa shape index (κ2) is 6.75. The number of benzene rings is 1. The molecule has 0 aliphatic rings. The van der Waals surface area contributed by atoms with Gasteiger partial charge in [-0.15, -0.1) is 0 Å². The fraction of sp³-hybridized carbons (Fsp3) is 0.267. The van der Waals surface area contributed by atoms with Gasteiger partial charge in [-0.3, -0.25) is 9.59 Å². The average molecular weight is 303 g/mol. The van der Waals surface area contributed by atoms with Crippen LogP contribution in [0.2, 0.25) is 0 Å². The number of esters is 1. The molecule has 0 bridgehead atoms. The highest BCUT2D eigenvalue weighted by Gasteiger charge is 2.16. The zero-order chi connectivity index (χ0) is 16.1. The van der Waals surface area contributed by atoms with Gasteiger partial charge >= 0.3 is 5.97 Å². The van der Waals surface area contributed by atoms with E-state index < -0.39 is 18.5 Å². The van der Waals surface area contributed by atoms with Crippen molar-refractivity contribution in [2.75, 3.05) is 27.2 Å². The molecule has 22 heavy (non-hydrogen) atoms. The molecule has 0 saturated heterocycles. The van der Waals surface area contributed by atoms with E-state index in [0.29, 0.717) is 0 Å². The molecular weight excluding hydrogens is 286 g/mol. The molecule has 0 spiro atoms. The van der Waals surface area contributed by atoms with Gasteiger partial charge in [-0.25, -0.2) is 4.79 Å². The molecule has 0 aliphatic heterocycles. The first-order valence-electron chi connectivity index (χ1n) is 6.70. The predicted octanol–water partition coefficient (Wildman–Crippen LogP) is 0.529. The van der Waals surface area contributed by atoms with E-state index in [1.807, 2.05) is 24.3 Å². The van der Waals surface area contributed by atoms with E-state index in [4.69, 9.17) is 4.74 Å². The Bertz CT molecular complexity index is 675. The Kier molecular flexibility index (Phi) is 4.77. The van der Waals surface area contributed by atoms with Gasteiger partial charge in [0.15, 0.2) is 6.61 Å². The summed E-state index contributed by atoms with van der Waals surface area (Å²) in [4.78, 5) is 39.0. The minimum absolute atomic E-state index is 0.0841. The maximum Gasteiger partial charge on any atom is 0.355 e. The summed E-state index contributed by atoms with van der Waals surface area (Å²) in [6.07, 6.45) is 0. The van der Waals surface area contributed by atoms with Gasteiger partial charge in [-0.1, -0.05) is 18.2 Å². The molecule has 1 heterocycles. The van der Waals surface area contributed by atoms with Gasteiger partial charge in [-0.2, -0.15) is 0 Å². The summed E-state index contributed by atoms with van der Waals surface area (Å²) < 4.78 is 4.96. The smallest absolute Gasteiger partial charge is 0.355 e. The maximum absolute atomic E-state index is 11.9. The van der Waals surface area contributed by atoms with Crippen LogP contribution in [0.1, 0.15) is 10.5 Å². The van der Waals surface area contributed by atoms with Crippen LogP contribution < -0.4 is 5.32 Å². The van der Waals surface area contributed by atoms with E-state index in [1.54, 1.807) is 6.07 Å². The number of ether oxygens (including phenoxy) is 1. The number of carbonyl (C=O) groups is 3. The number of carbonyl (C=O) groups excluding carboxylic acids is 3. The first-order chi connectivity index (χ1) is 10.5. The van der Waals surface area contributed by atoms with Crippen LogP contribution in [0.4, 0.5) is 0 Å². The summed E-state index contributed by atoms with van der Waals surface area (Å²) >= 11 is 0. The summed E-state index contributed by atoms with van der Waals surface area (Å²) in [5.41, 5.74) is 1.10. The molecule has 0 unspecified atom stereocenters. The fourth-order valence-corrected chi connectivity index (χ4v) is 1.88. The summed E-state index contributed by atoms with van der Waals surface area (Å²) in [5.74, 6) is -1.36. The second-order valence-corrected chi connectivity index (χ2v) is 4.77. The summed E-state index contributed by atoms with van der Waals surface area (Å²) in [6.45, 7) is -0.499. The molecule has 2 amide bonds. The molecule has 2 rings (SSSR count). The summed E-state index contributed by atoms with van der Waals surface area (Å²) in [6, 6.07) is 9.09.